The van der Waals surface area contributed by atoms with Gasteiger partial charge in [0.25, 0.3) is 0 Å². The number of aryl methyl sites for hydroxylation is 1. The third-order valence-electron chi connectivity index (χ3n) is 4.77. The molecule has 2 amide bonds. The van der Waals surface area contributed by atoms with Gasteiger partial charge in [0.05, 0.1) is 38.0 Å². The van der Waals surface area contributed by atoms with E-state index in [1.165, 1.54) is 29.8 Å². The zero-order chi connectivity index (χ0) is 22.4. The van der Waals surface area contributed by atoms with E-state index in [4.69, 9.17) is 13.9 Å². The Hall–Kier alpha value is -2.89. The first-order valence-corrected chi connectivity index (χ1v) is 11.1. The average molecular weight is 452 g/mol. The molecule has 0 radical (unpaired) electrons. The number of hydrogen-bond acceptors (Lipinski definition) is 7. The van der Waals surface area contributed by atoms with Gasteiger partial charge in [0.15, 0.2) is 0 Å². The summed E-state index contributed by atoms with van der Waals surface area (Å²) in [5, 5.41) is 4.86. The summed E-state index contributed by atoms with van der Waals surface area (Å²) in [6.07, 6.45) is 1.05. The van der Waals surface area contributed by atoms with Crippen molar-refractivity contribution in [2.45, 2.75) is 31.0 Å². The van der Waals surface area contributed by atoms with Gasteiger partial charge in [0, 0.05) is 6.54 Å². The summed E-state index contributed by atoms with van der Waals surface area (Å²) in [5.41, 5.74) is 0.680. The van der Waals surface area contributed by atoms with E-state index in [1.54, 1.807) is 25.1 Å². The number of carbonyl (C=O) groups is 2. The Morgan fingerprint density at radius 3 is 2.68 bits per heavy atom. The van der Waals surface area contributed by atoms with Gasteiger partial charge >= 0.3 is 11.8 Å². The Labute approximate surface area is 180 Å². The topological polar surface area (TPSA) is 127 Å². The van der Waals surface area contributed by atoms with Crippen LogP contribution in [0, 0.1) is 6.92 Å². The van der Waals surface area contributed by atoms with Gasteiger partial charge in [-0.3, -0.25) is 9.59 Å². The predicted octanol–water partition coefficient (Wildman–Crippen LogP) is 0.766. The van der Waals surface area contributed by atoms with E-state index in [2.05, 4.69) is 10.6 Å². The highest BCUT2D eigenvalue weighted by atomic mass is 32.2. The molecule has 3 rings (SSSR count). The van der Waals surface area contributed by atoms with E-state index in [1.807, 2.05) is 0 Å². The number of carbonyl (C=O) groups excluding carboxylic acids is 2. The largest absolute Gasteiger partial charge is 0.496 e. The minimum atomic E-state index is -3.88. The number of hydrogen-bond donors (Lipinski definition) is 2. The van der Waals surface area contributed by atoms with Crippen molar-refractivity contribution < 1.29 is 31.9 Å². The molecule has 0 saturated carbocycles. The zero-order valence-corrected chi connectivity index (χ0v) is 18.1. The highest BCUT2D eigenvalue weighted by Crippen LogP contribution is 2.26. The molecule has 0 unspecified atom stereocenters. The minimum Gasteiger partial charge on any atom is -0.496 e. The quantitative estimate of drug-likeness (QED) is 0.595. The summed E-state index contributed by atoms with van der Waals surface area (Å²) >= 11 is 0. The third-order valence-corrected chi connectivity index (χ3v) is 6.66. The molecular formula is C20H25N3O7S. The van der Waals surface area contributed by atoms with Gasteiger partial charge in [-0.25, -0.2) is 8.42 Å². The van der Waals surface area contributed by atoms with Crippen LogP contribution in [0.25, 0.3) is 0 Å². The number of methoxy groups -OCH3 is 1. The molecule has 0 bridgehead atoms. The molecule has 1 aromatic heterocycles. The molecule has 2 N–H and O–H groups in total. The van der Waals surface area contributed by atoms with Crippen LogP contribution in [0.2, 0.25) is 0 Å². The number of nitrogens with zero attached hydrogens (tertiary/aromatic N) is 1. The van der Waals surface area contributed by atoms with Crippen molar-refractivity contribution >= 4 is 21.8 Å². The van der Waals surface area contributed by atoms with E-state index in [-0.39, 0.29) is 24.5 Å². The predicted molar refractivity (Wildman–Crippen MR) is 110 cm³/mol. The molecule has 1 aliphatic heterocycles. The van der Waals surface area contributed by atoms with Crippen LogP contribution >= 0.6 is 0 Å². The fourth-order valence-electron chi connectivity index (χ4n) is 3.17. The molecule has 1 saturated heterocycles. The highest BCUT2D eigenvalue weighted by molar-refractivity contribution is 7.89. The van der Waals surface area contributed by atoms with Gasteiger partial charge in [-0.2, -0.15) is 4.31 Å². The maximum absolute atomic E-state index is 13.2. The molecule has 0 aliphatic carbocycles. The Balaban J connectivity index is 1.64. The molecular weight excluding hydrogens is 426 g/mol. The summed E-state index contributed by atoms with van der Waals surface area (Å²) in [6, 6.07) is 7.92. The fourth-order valence-corrected chi connectivity index (χ4v) is 4.82. The monoisotopic (exact) mass is 451 g/mol. The Morgan fingerprint density at radius 2 is 2.00 bits per heavy atom. The number of nitrogens with one attached hydrogen (secondary N) is 2. The molecule has 0 spiro atoms. The SMILES string of the molecule is COc1ccc(S(=O)(=O)N2CCCO[C@@H]2CNC(=O)C(=O)NCc2ccco2)cc1C. The van der Waals surface area contributed by atoms with Gasteiger partial charge in [0.1, 0.15) is 17.7 Å². The first kappa shape index (κ1) is 22.8. The number of rotatable bonds is 7. The summed E-state index contributed by atoms with van der Waals surface area (Å²) in [5.74, 6) is -0.659. The average Bonchev–Trinajstić information content (AvgIpc) is 3.29. The lowest BCUT2D eigenvalue weighted by molar-refractivity contribution is -0.140. The normalized spacial score (nSPS) is 17.2. The third kappa shape index (κ3) is 5.43. The van der Waals surface area contributed by atoms with Gasteiger partial charge < -0.3 is 24.5 Å². The molecule has 2 heterocycles. The molecule has 168 valence electrons. The van der Waals surface area contributed by atoms with Crippen LogP contribution in [0.1, 0.15) is 17.7 Å². The van der Waals surface area contributed by atoms with Crippen molar-refractivity contribution in [1.29, 1.82) is 0 Å². The number of ether oxygens (including phenoxy) is 2. The molecule has 1 atom stereocenters. The van der Waals surface area contributed by atoms with Crippen molar-refractivity contribution in [2.75, 3.05) is 26.8 Å². The first-order chi connectivity index (χ1) is 14.8. The Morgan fingerprint density at radius 1 is 1.23 bits per heavy atom. The van der Waals surface area contributed by atoms with Gasteiger partial charge in [-0.1, -0.05) is 0 Å². The van der Waals surface area contributed by atoms with Crippen molar-refractivity contribution in [1.82, 2.24) is 14.9 Å². The summed E-state index contributed by atoms with van der Waals surface area (Å²) < 4.78 is 43.4. The smallest absolute Gasteiger partial charge is 0.309 e. The second-order valence-corrected chi connectivity index (χ2v) is 8.79. The lowest BCUT2D eigenvalue weighted by Gasteiger charge is -2.34. The lowest BCUT2D eigenvalue weighted by atomic mass is 10.2. The highest BCUT2D eigenvalue weighted by Gasteiger charge is 2.35. The van der Waals surface area contributed by atoms with Crippen LogP contribution in [0.3, 0.4) is 0 Å². The van der Waals surface area contributed by atoms with Crippen LogP contribution in [0.15, 0.2) is 45.9 Å². The molecule has 2 aromatic rings. The van der Waals surface area contributed by atoms with E-state index in [0.29, 0.717) is 30.1 Å². The number of benzene rings is 1. The molecule has 31 heavy (non-hydrogen) atoms. The summed E-state index contributed by atoms with van der Waals surface area (Å²) in [4.78, 5) is 24.2. The fraction of sp³-hybridized carbons (Fsp3) is 0.400. The molecule has 1 fully saturated rings. The standard InChI is InChI=1S/C20H25N3O7S/c1-14-11-16(6-7-17(14)28-2)31(26,27)23-8-4-10-30-18(23)13-22-20(25)19(24)21-12-15-5-3-9-29-15/h3,5-7,9,11,18H,4,8,10,12-13H2,1-2H3,(H,21,24)(H,22,25)/t18-/m1/s1. The number of furan rings is 1. The Kier molecular flexibility index (Phi) is 7.31. The van der Waals surface area contributed by atoms with Crippen molar-refractivity contribution in [2.24, 2.45) is 0 Å². The Bertz CT molecular complexity index is 1020. The summed E-state index contributed by atoms with van der Waals surface area (Å²) in [7, 11) is -2.37. The van der Waals surface area contributed by atoms with Gasteiger partial charge in [0.2, 0.25) is 10.0 Å². The number of amides is 2. The van der Waals surface area contributed by atoms with Gasteiger partial charge in [-0.05, 0) is 49.2 Å². The van der Waals surface area contributed by atoms with Crippen molar-refractivity contribution in [3.63, 3.8) is 0 Å². The van der Waals surface area contributed by atoms with Crippen LogP contribution in [0.4, 0.5) is 0 Å². The van der Waals surface area contributed by atoms with Crippen LogP contribution in [0.5, 0.6) is 5.75 Å². The minimum absolute atomic E-state index is 0.0660. The van der Waals surface area contributed by atoms with E-state index >= 15 is 0 Å². The molecule has 1 aliphatic rings. The summed E-state index contributed by atoms with van der Waals surface area (Å²) in [6.45, 7) is 2.24. The lowest BCUT2D eigenvalue weighted by Crippen LogP contribution is -2.53. The maximum atomic E-state index is 13.2. The van der Waals surface area contributed by atoms with Crippen LogP contribution in [-0.4, -0.2) is 57.6 Å². The second kappa shape index (κ2) is 9.94. The maximum Gasteiger partial charge on any atom is 0.309 e. The molecule has 11 heteroatoms. The second-order valence-electron chi connectivity index (χ2n) is 6.90. The van der Waals surface area contributed by atoms with E-state index < -0.39 is 28.1 Å². The first-order valence-electron chi connectivity index (χ1n) is 9.69. The zero-order valence-electron chi connectivity index (χ0n) is 17.3. The van der Waals surface area contributed by atoms with E-state index in [0.717, 1.165) is 0 Å². The molecule has 1 aromatic carbocycles. The van der Waals surface area contributed by atoms with Gasteiger partial charge in [-0.15, -0.1) is 0 Å². The van der Waals surface area contributed by atoms with Crippen molar-refractivity contribution in [3.8, 4) is 5.75 Å². The van der Waals surface area contributed by atoms with Crippen molar-refractivity contribution in [3.05, 3.63) is 47.9 Å². The molecule has 10 nitrogen and oxygen atoms in total. The van der Waals surface area contributed by atoms with Crippen LogP contribution in [-0.2, 0) is 30.9 Å². The number of sulfonamides is 1. The van der Waals surface area contributed by atoms with E-state index in [9.17, 15) is 18.0 Å². The van der Waals surface area contributed by atoms with Crippen LogP contribution < -0.4 is 15.4 Å².